The smallest absolute Gasteiger partial charge is 0.245 e. The van der Waals surface area contributed by atoms with Crippen LogP contribution in [-0.4, -0.2) is 37.1 Å². The number of H-pyrrole nitrogens is 1. The Labute approximate surface area is 150 Å². The predicted octanol–water partition coefficient (Wildman–Crippen LogP) is 2.54. The number of aromatic nitrogens is 4. The summed E-state index contributed by atoms with van der Waals surface area (Å²) in [6.45, 7) is 2.61. The van der Waals surface area contributed by atoms with Crippen molar-refractivity contribution in [2.75, 3.05) is 12.3 Å². The number of rotatable bonds is 3. The minimum atomic E-state index is -0.311. The molecule has 0 aliphatic carbocycles. The number of hydrogen-bond acceptors (Lipinski definition) is 4. The topological polar surface area (TPSA) is 92.8 Å². The SMILES string of the molecule is Cc1cc(N)n(CC(=O)N2CCCCC2c2nc3ccc(F)cc3[nH]2)n1. The van der Waals surface area contributed by atoms with Crippen LogP contribution >= 0.6 is 0 Å². The zero-order chi connectivity index (χ0) is 18.3. The zero-order valence-corrected chi connectivity index (χ0v) is 14.6. The summed E-state index contributed by atoms with van der Waals surface area (Å²) in [7, 11) is 0. The van der Waals surface area contributed by atoms with Crippen LogP contribution in [0.2, 0.25) is 0 Å². The van der Waals surface area contributed by atoms with Gasteiger partial charge in [-0.05, 0) is 44.4 Å². The number of nitrogens with zero attached hydrogens (tertiary/aromatic N) is 4. The molecule has 1 saturated heterocycles. The number of aromatic amines is 1. The first-order chi connectivity index (χ1) is 12.5. The van der Waals surface area contributed by atoms with E-state index in [2.05, 4.69) is 15.1 Å². The number of halogens is 1. The summed E-state index contributed by atoms with van der Waals surface area (Å²) in [4.78, 5) is 22.5. The maximum Gasteiger partial charge on any atom is 0.245 e. The van der Waals surface area contributed by atoms with Gasteiger partial charge in [-0.25, -0.2) is 14.1 Å². The fourth-order valence-corrected chi connectivity index (χ4v) is 3.58. The molecular weight excluding hydrogens is 335 g/mol. The van der Waals surface area contributed by atoms with Crippen LogP contribution in [0.3, 0.4) is 0 Å². The van der Waals surface area contributed by atoms with E-state index in [1.54, 1.807) is 12.1 Å². The molecule has 0 bridgehead atoms. The molecule has 1 unspecified atom stereocenters. The van der Waals surface area contributed by atoms with E-state index in [4.69, 9.17) is 5.73 Å². The summed E-state index contributed by atoms with van der Waals surface area (Å²) in [6, 6.07) is 6.06. The van der Waals surface area contributed by atoms with Gasteiger partial charge in [0.2, 0.25) is 5.91 Å². The molecule has 26 heavy (non-hydrogen) atoms. The van der Waals surface area contributed by atoms with Crippen molar-refractivity contribution in [3.8, 4) is 0 Å². The van der Waals surface area contributed by atoms with Gasteiger partial charge in [0.05, 0.1) is 22.8 Å². The summed E-state index contributed by atoms with van der Waals surface area (Å²) in [5.41, 5.74) is 8.03. The van der Waals surface area contributed by atoms with Crippen LogP contribution in [0.5, 0.6) is 0 Å². The number of amides is 1. The summed E-state index contributed by atoms with van der Waals surface area (Å²) >= 11 is 0. The Balaban J connectivity index is 1.60. The lowest BCUT2D eigenvalue weighted by molar-refractivity contribution is -0.136. The molecule has 1 fully saturated rings. The molecule has 1 aliphatic rings. The fourth-order valence-electron chi connectivity index (χ4n) is 3.58. The average molecular weight is 356 g/mol. The number of hydrogen-bond donors (Lipinski definition) is 2. The normalized spacial score (nSPS) is 17.8. The van der Waals surface area contributed by atoms with Crippen molar-refractivity contribution in [1.29, 1.82) is 0 Å². The third kappa shape index (κ3) is 3.02. The van der Waals surface area contributed by atoms with Crippen molar-refractivity contribution in [2.24, 2.45) is 0 Å². The maximum atomic E-state index is 13.4. The maximum absolute atomic E-state index is 13.4. The first kappa shape index (κ1) is 16.6. The molecule has 1 amide bonds. The Morgan fingerprint density at radius 3 is 3.00 bits per heavy atom. The number of anilines is 1. The molecule has 8 heteroatoms. The Bertz CT molecular complexity index is 962. The Hall–Kier alpha value is -2.90. The quantitative estimate of drug-likeness (QED) is 0.754. The third-order valence-electron chi connectivity index (χ3n) is 4.82. The summed E-state index contributed by atoms with van der Waals surface area (Å²) in [5.74, 6) is 0.817. The molecule has 0 spiro atoms. The summed E-state index contributed by atoms with van der Waals surface area (Å²) < 4.78 is 15.0. The van der Waals surface area contributed by atoms with Gasteiger partial charge < -0.3 is 15.6 Å². The number of fused-ring (bicyclic) bond motifs is 1. The number of piperidine rings is 1. The van der Waals surface area contributed by atoms with Crippen molar-refractivity contribution < 1.29 is 9.18 Å². The molecule has 1 aliphatic heterocycles. The van der Waals surface area contributed by atoms with Crippen LogP contribution in [0, 0.1) is 12.7 Å². The summed E-state index contributed by atoms with van der Waals surface area (Å²) in [5, 5.41) is 4.27. The van der Waals surface area contributed by atoms with Gasteiger partial charge >= 0.3 is 0 Å². The fraction of sp³-hybridized carbons (Fsp3) is 0.389. The Morgan fingerprint density at radius 2 is 2.23 bits per heavy atom. The molecule has 1 atom stereocenters. The first-order valence-electron chi connectivity index (χ1n) is 8.76. The van der Waals surface area contributed by atoms with Gasteiger partial charge in [-0.15, -0.1) is 0 Å². The van der Waals surface area contributed by atoms with Crippen LogP contribution in [0.4, 0.5) is 10.2 Å². The third-order valence-corrected chi connectivity index (χ3v) is 4.82. The number of likely N-dealkylation sites (tertiary alicyclic amines) is 1. The van der Waals surface area contributed by atoms with Gasteiger partial charge in [-0.3, -0.25) is 4.79 Å². The highest BCUT2D eigenvalue weighted by Crippen LogP contribution is 2.31. The average Bonchev–Trinajstić information content (AvgIpc) is 3.17. The highest BCUT2D eigenvalue weighted by molar-refractivity contribution is 5.78. The van der Waals surface area contributed by atoms with Crippen LogP contribution in [0.15, 0.2) is 24.3 Å². The number of nitrogens with two attached hydrogens (primary N) is 1. The van der Waals surface area contributed by atoms with E-state index >= 15 is 0 Å². The molecule has 0 saturated carbocycles. The van der Waals surface area contributed by atoms with Gasteiger partial charge in [0.25, 0.3) is 0 Å². The zero-order valence-electron chi connectivity index (χ0n) is 14.6. The number of aryl methyl sites for hydroxylation is 1. The minimum absolute atomic E-state index is 0.0452. The summed E-state index contributed by atoms with van der Waals surface area (Å²) in [6.07, 6.45) is 2.79. The van der Waals surface area contributed by atoms with E-state index in [9.17, 15) is 9.18 Å². The van der Waals surface area contributed by atoms with E-state index < -0.39 is 0 Å². The molecule has 3 heterocycles. The molecule has 7 nitrogen and oxygen atoms in total. The number of imidazole rings is 1. The molecule has 3 aromatic rings. The predicted molar refractivity (Wildman–Crippen MR) is 95.7 cm³/mol. The number of nitrogen functional groups attached to an aromatic ring is 1. The van der Waals surface area contributed by atoms with Gasteiger partial charge in [0.1, 0.15) is 24.0 Å². The molecule has 136 valence electrons. The van der Waals surface area contributed by atoms with Gasteiger partial charge in [0.15, 0.2) is 0 Å². The lowest BCUT2D eigenvalue weighted by Crippen LogP contribution is -2.41. The second-order valence-corrected chi connectivity index (χ2v) is 6.75. The van der Waals surface area contributed by atoms with E-state index in [1.807, 2.05) is 11.8 Å². The van der Waals surface area contributed by atoms with E-state index in [0.717, 1.165) is 25.0 Å². The number of benzene rings is 1. The standard InChI is InChI=1S/C18H21FN6O/c1-11-8-16(20)25(23-11)10-17(26)24-7-3-2-4-15(24)18-21-13-6-5-12(19)9-14(13)22-18/h5-6,8-9,15H,2-4,7,10,20H2,1H3,(H,21,22). The Kier molecular flexibility index (Phi) is 4.10. The molecule has 3 N–H and O–H groups in total. The Morgan fingerprint density at radius 1 is 1.38 bits per heavy atom. The van der Waals surface area contributed by atoms with Gasteiger partial charge in [-0.1, -0.05) is 0 Å². The van der Waals surface area contributed by atoms with Crippen LogP contribution < -0.4 is 5.73 Å². The minimum Gasteiger partial charge on any atom is -0.384 e. The second-order valence-electron chi connectivity index (χ2n) is 6.75. The van der Waals surface area contributed by atoms with Crippen LogP contribution in [0.1, 0.15) is 36.8 Å². The van der Waals surface area contributed by atoms with Crippen molar-refractivity contribution in [3.05, 3.63) is 41.6 Å². The van der Waals surface area contributed by atoms with Crippen LogP contribution in [0.25, 0.3) is 11.0 Å². The monoisotopic (exact) mass is 356 g/mol. The van der Waals surface area contributed by atoms with Gasteiger partial charge in [0, 0.05) is 12.6 Å². The number of carbonyl (C=O) groups is 1. The largest absolute Gasteiger partial charge is 0.384 e. The second kappa shape index (κ2) is 6.44. The molecule has 2 aromatic heterocycles. The molecule has 0 radical (unpaired) electrons. The van der Waals surface area contributed by atoms with Crippen molar-refractivity contribution in [1.82, 2.24) is 24.6 Å². The highest BCUT2D eigenvalue weighted by Gasteiger charge is 2.30. The van der Waals surface area contributed by atoms with Gasteiger partial charge in [-0.2, -0.15) is 5.10 Å². The lowest BCUT2D eigenvalue weighted by Gasteiger charge is -2.34. The highest BCUT2D eigenvalue weighted by atomic mass is 19.1. The van der Waals surface area contributed by atoms with E-state index in [1.165, 1.54) is 16.8 Å². The number of carbonyl (C=O) groups excluding carboxylic acids is 1. The van der Waals surface area contributed by atoms with E-state index in [-0.39, 0.29) is 24.3 Å². The van der Waals surface area contributed by atoms with E-state index in [0.29, 0.717) is 29.2 Å². The molecule has 4 rings (SSSR count). The molecule has 1 aromatic carbocycles. The first-order valence-corrected chi connectivity index (χ1v) is 8.76. The number of nitrogens with one attached hydrogen (secondary N) is 1. The lowest BCUT2D eigenvalue weighted by atomic mass is 10.0. The molecular formula is C18H21FN6O. The van der Waals surface area contributed by atoms with Crippen molar-refractivity contribution in [2.45, 2.75) is 38.8 Å². The van der Waals surface area contributed by atoms with Crippen molar-refractivity contribution >= 4 is 22.8 Å². The van der Waals surface area contributed by atoms with Crippen molar-refractivity contribution in [3.63, 3.8) is 0 Å². The van der Waals surface area contributed by atoms with Crippen LogP contribution in [-0.2, 0) is 11.3 Å².